The number of hydrogen-bond donors (Lipinski definition) is 0. The number of nitrogens with zero attached hydrogens (tertiary/aromatic N) is 2. The molecule has 0 unspecified atom stereocenters. The maximum absolute atomic E-state index is 6.06. The number of aromatic nitrogens is 2. The molecule has 0 radical (unpaired) electrons. The molecule has 7 heteroatoms. The third-order valence-electron chi connectivity index (χ3n) is 2.86. The van der Waals surface area contributed by atoms with Crippen LogP contribution >= 0.6 is 57.7 Å². The minimum Gasteiger partial charge on any atom is -0.319 e. The van der Waals surface area contributed by atoms with Crippen LogP contribution in [0, 0.1) is 0 Å². The molecule has 104 valence electrons. The van der Waals surface area contributed by atoms with Crippen molar-refractivity contribution in [2.24, 2.45) is 0 Å². The molecule has 20 heavy (non-hydrogen) atoms. The highest BCUT2D eigenvalue weighted by Crippen LogP contribution is 2.39. The van der Waals surface area contributed by atoms with E-state index in [1.807, 2.05) is 34.2 Å². The van der Waals surface area contributed by atoms with Crippen LogP contribution in [-0.2, 0) is 10.3 Å². The maximum atomic E-state index is 6.06. The molecule has 0 aliphatic rings. The van der Waals surface area contributed by atoms with Crippen LogP contribution < -0.4 is 0 Å². The fourth-order valence-electron chi connectivity index (χ4n) is 2.03. The van der Waals surface area contributed by atoms with Crippen LogP contribution in [0.4, 0.5) is 0 Å². The van der Waals surface area contributed by atoms with Crippen molar-refractivity contribution in [1.82, 2.24) is 9.55 Å². The summed E-state index contributed by atoms with van der Waals surface area (Å²) in [6, 6.07) is 9.44. The van der Waals surface area contributed by atoms with Gasteiger partial charge in [0.15, 0.2) is 5.82 Å². The molecule has 0 aliphatic carbocycles. The summed E-state index contributed by atoms with van der Waals surface area (Å²) in [5.74, 6) is 0.396. The Kier molecular flexibility index (Phi) is 3.91. The number of benzene rings is 1. The molecule has 0 atom stereocenters. The van der Waals surface area contributed by atoms with Crippen molar-refractivity contribution >= 4 is 68.8 Å². The Morgan fingerprint density at radius 1 is 1.20 bits per heavy atom. The lowest BCUT2D eigenvalue weighted by Crippen LogP contribution is -2.12. The fourth-order valence-corrected chi connectivity index (χ4v) is 3.32. The molecule has 0 fully saturated rings. The third kappa shape index (κ3) is 2.78. The average molecular weight is 366 g/mol. The van der Waals surface area contributed by atoms with Gasteiger partial charge in [0, 0.05) is 9.90 Å². The monoisotopic (exact) mass is 364 g/mol. The molecule has 0 amide bonds. The van der Waals surface area contributed by atoms with Crippen LogP contribution in [0.5, 0.6) is 0 Å². The zero-order valence-corrected chi connectivity index (χ0v) is 13.8. The Morgan fingerprint density at radius 2 is 2.00 bits per heavy atom. The van der Waals surface area contributed by atoms with Gasteiger partial charge in [0.05, 0.1) is 17.6 Å². The molecule has 0 saturated heterocycles. The van der Waals surface area contributed by atoms with Gasteiger partial charge < -0.3 is 4.57 Å². The fraction of sp³-hybridized carbons (Fsp3) is 0.154. The molecule has 1 aromatic carbocycles. The third-order valence-corrected chi connectivity index (χ3v) is 4.46. The molecular formula is C13H8Cl4N2S. The van der Waals surface area contributed by atoms with Gasteiger partial charge in [-0.25, -0.2) is 4.98 Å². The van der Waals surface area contributed by atoms with Gasteiger partial charge in [-0.3, -0.25) is 0 Å². The van der Waals surface area contributed by atoms with Crippen LogP contribution in [0.2, 0.25) is 5.02 Å². The van der Waals surface area contributed by atoms with Crippen LogP contribution in [0.15, 0.2) is 35.7 Å². The summed E-state index contributed by atoms with van der Waals surface area (Å²) in [6.07, 6.45) is 0. The van der Waals surface area contributed by atoms with Gasteiger partial charge >= 0.3 is 0 Å². The van der Waals surface area contributed by atoms with Gasteiger partial charge in [-0.1, -0.05) is 52.5 Å². The number of thiophene rings is 1. The first-order chi connectivity index (χ1) is 9.45. The standard InChI is InChI=1S/C13H8Cl4N2S/c14-8-3-4-10-11(6-8)19(7-9-2-1-5-20-9)12(18-10)13(15,16)17/h1-6H,7H2. The van der Waals surface area contributed by atoms with Gasteiger partial charge in [-0.2, -0.15) is 0 Å². The molecule has 0 saturated carbocycles. The first-order valence-corrected chi connectivity index (χ1v) is 8.09. The summed E-state index contributed by atoms with van der Waals surface area (Å²) in [4.78, 5) is 5.57. The lowest BCUT2D eigenvalue weighted by Gasteiger charge is -2.13. The molecule has 0 aliphatic heterocycles. The molecule has 3 rings (SSSR count). The van der Waals surface area contributed by atoms with Crippen molar-refractivity contribution in [2.75, 3.05) is 0 Å². The second-order valence-electron chi connectivity index (χ2n) is 4.23. The summed E-state index contributed by atoms with van der Waals surface area (Å²) in [5, 5.41) is 2.64. The number of hydrogen-bond acceptors (Lipinski definition) is 2. The van der Waals surface area contributed by atoms with Gasteiger partial charge in [-0.15, -0.1) is 11.3 Å². The van der Waals surface area contributed by atoms with Crippen molar-refractivity contribution in [3.63, 3.8) is 0 Å². The van der Waals surface area contributed by atoms with E-state index in [0.29, 0.717) is 17.4 Å². The van der Waals surface area contributed by atoms with E-state index in [-0.39, 0.29) is 0 Å². The molecule has 2 heterocycles. The lowest BCUT2D eigenvalue weighted by molar-refractivity contribution is 0.768. The van der Waals surface area contributed by atoms with E-state index in [1.165, 1.54) is 0 Å². The number of halogens is 4. The molecule has 3 aromatic rings. The average Bonchev–Trinajstić information content (AvgIpc) is 2.97. The first-order valence-electron chi connectivity index (χ1n) is 5.70. The van der Waals surface area contributed by atoms with Gasteiger partial charge in [0.2, 0.25) is 3.79 Å². The zero-order valence-electron chi connectivity index (χ0n) is 9.99. The van der Waals surface area contributed by atoms with Crippen molar-refractivity contribution in [2.45, 2.75) is 10.3 Å². The van der Waals surface area contributed by atoms with E-state index >= 15 is 0 Å². The van der Waals surface area contributed by atoms with Crippen molar-refractivity contribution < 1.29 is 0 Å². The van der Waals surface area contributed by atoms with E-state index in [2.05, 4.69) is 4.98 Å². The summed E-state index contributed by atoms with van der Waals surface area (Å²) in [7, 11) is 0. The smallest absolute Gasteiger partial charge is 0.248 e. The second-order valence-corrected chi connectivity index (χ2v) is 7.98. The number of imidazole rings is 1. The van der Waals surface area contributed by atoms with E-state index < -0.39 is 3.79 Å². The molecule has 0 spiro atoms. The predicted molar refractivity (Wildman–Crippen MR) is 87.4 cm³/mol. The van der Waals surface area contributed by atoms with Gasteiger partial charge in [-0.05, 0) is 29.6 Å². The highest BCUT2D eigenvalue weighted by molar-refractivity contribution is 7.09. The second kappa shape index (κ2) is 5.39. The van der Waals surface area contributed by atoms with Crippen LogP contribution in [0.25, 0.3) is 11.0 Å². The van der Waals surface area contributed by atoms with Crippen molar-refractivity contribution in [3.8, 4) is 0 Å². The van der Waals surface area contributed by atoms with Crippen molar-refractivity contribution in [3.05, 3.63) is 51.4 Å². The number of rotatable bonds is 2. The van der Waals surface area contributed by atoms with Crippen LogP contribution in [0.1, 0.15) is 10.7 Å². The highest BCUT2D eigenvalue weighted by Gasteiger charge is 2.30. The normalized spacial score (nSPS) is 12.2. The van der Waals surface area contributed by atoms with E-state index in [4.69, 9.17) is 46.4 Å². The van der Waals surface area contributed by atoms with E-state index in [9.17, 15) is 0 Å². The SMILES string of the molecule is Clc1ccc2nc(C(Cl)(Cl)Cl)n(Cc3cccs3)c2c1. The summed E-state index contributed by atoms with van der Waals surface area (Å²) in [5.41, 5.74) is 1.61. The molecule has 2 nitrogen and oxygen atoms in total. The summed E-state index contributed by atoms with van der Waals surface area (Å²) < 4.78 is 0.308. The Balaban J connectivity index is 2.21. The lowest BCUT2D eigenvalue weighted by atomic mass is 10.3. The van der Waals surface area contributed by atoms with Crippen molar-refractivity contribution in [1.29, 1.82) is 0 Å². The van der Waals surface area contributed by atoms with E-state index in [1.54, 1.807) is 17.4 Å². The molecule has 0 N–H and O–H groups in total. The largest absolute Gasteiger partial charge is 0.319 e. The predicted octanol–water partition coefficient (Wildman–Crippen LogP) is 5.63. The summed E-state index contributed by atoms with van der Waals surface area (Å²) in [6.45, 7) is 0.595. The Morgan fingerprint density at radius 3 is 2.65 bits per heavy atom. The van der Waals surface area contributed by atoms with Crippen LogP contribution in [-0.4, -0.2) is 9.55 Å². The number of fused-ring (bicyclic) bond motifs is 1. The molecule has 2 aromatic heterocycles. The Labute approximate surface area is 139 Å². The van der Waals surface area contributed by atoms with Gasteiger partial charge in [0.25, 0.3) is 0 Å². The zero-order chi connectivity index (χ0) is 14.3. The Hall–Kier alpha value is -0.450. The van der Waals surface area contributed by atoms with Crippen LogP contribution in [0.3, 0.4) is 0 Å². The maximum Gasteiger partial charge on any atom is 0.248 e. The summed E-state index contributed by atoms with van der Waals surface area (Å²) >= 11 is 25.8. The number of alkyl halides is 3. The van der Waals surface area contributed by atoms with Gasteiger partial charge in [0.1, 0.15) is 0 Å². The Bertz CT molecular complexity index is 744. The minimum atomic E-state index is -1.58. The molecule has 0 bridgehead atoms. The minimum absolute atomic E-state index is 0.396. The highest BCUT2D eigenvalue weighted by atomic mass is 35.6. The van der Waals surface area contributed by atoms with E-state index in [0.717, 1.165) is 15.9 Å². The molecular weight excluding hydrogens is 358 g/mol. The quantitative estimate of drug-likeness (QED) is 0.538. The first kappa shape index (κ1) is 14.5. The topological polar surface area (TPSA) is 17.8 Å².